The first-order chi connectivity index (χ1) is 9.35. The number of thiazole rings is 1. The number of nitrogens with zero attached hydrogens (tertiary/aromatic N) is 3. The standard InChI is InChI=1S/C14H19N3OS/c18-9-10-3-4-16(7-10)8-12-13(11-1-2-11)15-14-17(12)5-6-19-14/h5-6,10-11,18H,1-4,7-9H2. The van der Waals surface area contributed by atoms with Crippen LogP contribution in [0, 0.1) is 5.92 Å². The van der Waals surface area contributed by atoms with E-state index < -0.39 is 0 Å². The van der Waals surface area contributed by atoms with Gasteiger partial charge in [-0.3, -0.25) is 9.30 Å². The lowest BCUT2D eigenvalue weighted by Crippen LogP contribution is -2.22. The SMILES string of the molecule is OCC1CCN(Cc2c(C3CC3)nc3sccn23)C1. The minimum absolute atomic E-state index is 0.326. The quantitative estimate of drug-likeness (QED) is 0.930. The van der Waals surface area contributed by atoms with Crippen LogP contribution in [0.1, 0.15) is 36.6 Å². The number of rotatable bonds is 4. The molecule has 4 nitrogen and oxygen atoms in total. The van der Waals surface area contributed by atoms with Crippen molar-refractivity contribution >= 4 is 16.3 Å². The molecule has 2 aromatic heterocycles. The number of aliphatic hydroxyl groups is 1. The first-order valence-corrected chi connectivity index (χ1v) is 8.00. The number of hydrogen-bond donors (Lipinski definition) is 1. The highest BCUT2D eigenvalue weighted by atomic mass is 32.1. The van der Waals surface area contributed by atoms with Gasteiger partial charge in [-0.1, -0.05) is 0 Å². The lowest BCUT2D eigenvalue weighted by Gasteiger charge is -2.16. The van der Waals surface area contributed by atoms with Gasteiger partial charge in [0.1, 0.15) is 0 Å². The summed E-state index contributed by atoms with van der Waals surface area (Å²) in [6.07, 6.45) is 5.88. The molecule has 1 saturated heterocycles. The largest absolute Gasteiger partial charge is 0.396 e. The molecule has 0 amide bonds. The van der Waals surface area contributed by atoms with Gasteiger partial charge in [-0.05, 0) is 31.7 Å². The molecule has 1 aliphatic heterocycles. The Labute approximate surface area is 116 Å². The van der Waals surface area contributed by atoms with Gasteiger partial charge in [-0.2, -0.15) is 0 Å². The first kappa shape index (κ1) is 11.9. The molecular weight excluding hydrogens is 258 g/mol. The Bertz CT molecular complexity index is 587. The summed E-state index contributed by atoms with van der Waals surface area (Å²) in [6.45, 7) is 3.44. The van der Waals surface area contributed by atoms with Crippen LogP contribution in [0.4, 0.5) is 0 Å². The molecule has 0 spiro atoms. The Morgan fingerprint density at radius 3 is 3.00 bits per heavy atom. The summed E-state index contributed by atoms with van der Waals surface area (Å²) in [5.41, 5.74) is 2.72. The van der Waals surface area contributed by atoms with Crippen molar-refractivity contribution in [1.82, 2.24) is 14.3 Å². The molecule has 1 N–H and O–H groups in total. The van der Waals surface area contributed by atoms with Gasteiger partial charge in [0.15, 0.2) is 4.96 Å². The molecule has 5 heteroatoms. The van der Waals surface area contributed by atoms with E-state index in [1.807, 2.05) is 0 Å². The molecular formula is C14H19N3OS. The second-order valence-corrected chi connectivity index (χ2v) is 6.72. The maximum Gasteiger partial charge on any atom is 0.194 e. The van der Waals surface area contributed by atoms with Crippen molar-refractivity contribution in [1.29, 1.82) is 0 Å². The van der Waals surface area contributed by atoms with Gasteiger partial charge in [0.25, 0.3) is 0 Å². The van der Waals surface area contributed by atoms with Gasteiger partial charge in [-0.25, -0.2) is 4.98 Å². The fourth-order valence-corrected chi connectivity index (χ4v) is 3.85. The molecule has 0 aromatic carbocycles. The number of imidazole rings is 1. The molecule has 3 heterocycles. The molecule has 102 valence electrons. The molecule has 4 rings (SSSR count). The average molecular weight is 277 g/mol. The molecule has 2 aromatic rings. The van der Waals surface area contributed by atoms with E-state index in [-0.39, 0.29) is 0 Å². The van der Waals surface area contributed by atoms with Crippen molar-refractivity contribution in [3.8, 4) is 0 Å². The van der Waals surface area contributed by atoms with Crippen molar-refractivity contribution in [2.45, 2.75) is 31.7 Å². The van der Waals surface area contributed by atoms with Crippen LogP contribution in [0.3, 0.4) is 0 Å². The number of aromatic nitrogens is 2. The molecule has 0 bridgehead atoms. The zero-order chi connectivity index (χ0) is 12.8. The molecule has 1 unspecified atom stereocenters. The average Bonchev–Trinajstić information content (AvgIpc) is 2.88. The Kier molecular flexibility index (Phi) is 2.86. The van der Waals surface area contributed by atoms with E-state index in [1.54, 1.807) is 11.3 Å². The van der Waals surface area contributed by atoms with Crippen LogP contribution < -0.4 is 0 Å². The van der Waals surface area contributed by atoms with E-state index in [1.165, 1.54) is 24.2 Å². The summed E-state index contributed by atoms with van der Waals surface area (Å²) in [7, 11) is 0. The van der Waals surface area contributed by atoms with Crippen molar-refractivity contribution < 1.29 is 5.11 Å². The summed E-state index contributed by atoms with van der Waals surface area (Å²) in [6, 6.07) is 0. The Hall–Kier alpha value is -0.910. The van der Waals surface area contributed by atoms with E-state index in [4.69, 9.17) is 4.98 Å². The van der Waals surface area contributed by atoms with Gasteiger partial charge < -0.3 is 5.11 Å². The van der Waals surface area contributed by atoms with E-state index in [9.17, 15) is 5.11 Å². The fraction of sp³-hybridized carbons (Fsp3) is 0.643. The second kappa shape index (κ2) is 4.58. The second-order valence-electron chi connectivity index (χ2n) is 5.85. The van der Waals surface area contributed by atoms with Crippen LogP contribution in [0.2, 0.25) is 0 Å². The van der Waals surface area contributed by atoms with E-state index >= 15 is 0 Å². The minimum atomic E-state index is 0.326. The van der Waals surface area contributed by atoms with Gasteiger partial charge in [0.05, 0.1) is 11.4 Å². The smallest absolute Gasteiger partial charge is 0.194 e. The van der Waals surface area contributed by atoms with Crippen molar-refractivity contribution in [2.75, 3.05) is 19.7 Å². The highest BCUT2D eigenvalue weighted by molar-refractivity contribution is 7.15. The van der Waals surface area contributed by atoms with Crippen molar-refractivity contribution in [3.05, 3.63) is 23.0 Å². The lowest BCUT2D eigenvalue weighted by molar-refractivity contribution is 0.219. The molecule has 1 atom stereocenters. The van der Waals surface area contributed by atoms with Crippen LogP contribution in [-0.2, 0) is 6.54 Å². The Balaban J connectivity index is 1.62. The normalized spacial score (nSPS) is 24.6. The summed E-state index contributed by atoms with van der Waals surface area (Å²) >= 11 is 1.72. The third-order valence-corrected chi connectivity index (χ3v) is 5.11. The maximum absolute atomic E-state index is 9.26. The van der Waals surface area contributed by atoms with E-state index in [0.29, 0.717) is 18.4 Å². The lowest BCUT2D eigenvalue weighted by atomic mass is 10.1. The third kappa shape index (κ3) is 2.10. The number of fused-ring (bicyclic) bond motifs is 1. The molecule has 1 saturated carbocycles. The predicted molar refractivity (Wildman–Crippen MR) is 75.5 cm³/mol. The molecule has 2 fully saturated rings. The van der Waals surface area contributed by atoms with Gasteiger partial charge >= 0.3 is 0 Å². The molecule has 2 aliphatic rings. The Morgan fingerprint density at radius 2 is 2.26 bits per heavy atom. The fourth-order valence-electron chi connectivity index (χ4n) is 3.11. The van der Waals surface area contributed by atoms with Crippen molar-refractivity contribution in [3.63, 3.8) is 0 Å². The summed E-state index contributed by atoms with van der Waals surface area (Å²) in [5, 5.41) is 11.4. The van der Waals surface area contributed by atoms with Crippen LogP contribution in [0.25, 0.3) is 4.96 Å². The summed E-state index contributed by atoms with van der Waals surface area (Å²) in [4.78, 5) is 8.42. The molecule has 0 radical (unpaired) electrons. The zero-order valence-electron chi connectivity index (χ0n) is 11.0. The zero-order valence-corrected chi connectivity index (χ0v) is 11.8. The minimum Gasteiger partial charge on any atom is -0.396 e. The van der Waals surface area contributed by atoms with Crippen molar-refractivity contribution in [2.24, 2.45) is 5.92 Å². The summed E-state index contributed by atoms with van der Waals surface area (Å²) < 4.78 is 2.27. The van der Waals surface area contributed by atoms with Crippen LogP contribution in [0.5, 0.6) is 0 Å². The van der Waals surface area contributed by atoms with Gasteiger partial charge in [0, 0.05) is 37.2 Å². The number of aliphatic hydroxyl groups excluding tert-OH is 1. The molecule has 1 aliphatic carbocycles. The topological polar surface area (TPSA) is 40.8 Å². The monoisotopic (exact) mass is 277 g/mol. The highest BCUT2D eigenvalue weighted by Crippen LogP contribution is 2.42. The van der Waals surface area contributed by atoms with E-state index in [0.717, 1.165) is 31.0 Å². The van der Waals surface area contributed by atoms with Crippen LogP contribution >= 0.6 is 11.3 Å². The highest BCUT2D eigenvalue weighted by Gasteiger charge is 2.32. The van der Waals surface area contributed by atoms with E-state index in [2.05, 4.69) is 20.9 Å². The number of likely N-dealkylation sites (tertiary alicyclic amines) is 1. The number of hydrogen-bond acceptors (Lipinski definition) is 4. The summed E-state index contributed by atoms with van der Waals surface area (Å²) in [5.74, 6) is 1.17. The molecule has 19 heavy (non-hydrogen) atoms. The predicted octanol–water partition coefficient (Wildman–Crippen LogP) is 2.09. The maximum atomic E-state index is 9.26. The Morgan fingerprint density at radius 1 is 1.37 bits per heavy atom. The van der Waals surface area contributed by atoms with Crippen LogP contribution in [-0.4, -0.2) is 39.1 Å². The van der Waals surface area contributed by atoms with Gasteiger partial charge in [-0.15, -0.1) is 11.3 Å². The van der Waals surface area contributed by atoms with Crippen LogP contribution in [0.15, 0.2) is 11.6 Å². The third-order valence-electron chi connectivity index (χ3n) is 4.36. The van der Waals surface area contributed by atoms with Gasteiger partial charge in [0.2, 0.25) is 0 Å². The first-order valence-electron chi connectivity index (χ1n) is 7.12.